The molecule has 0 N–H and O–H groups in total. The molecule has 0 saturated heterocycles. The summed E-state index contributed by atoms with van der Waals surface area (Å²) in [5.41, 5.74) is 0.834. The molecule has 1 heterocycles. The first-order valence-electron chi connectivity index (χ1n) is 3.33. The number of ether oxygens (including phenoxy) is 1. The topological polar surface area (TPSA) is 22.4 Å². The molecule has 0 aliphatic heterocycles. The van der Waals surface area contributed by atoms with E-state index in [9.17, 15) is 0 Å². The van der Waals surface area contributed by atoms with Crippen molar-refractivity contribution >= 4 is 11.0 Å². The molecular formula is C9H7O2. The van der Waals surface area contributed by atoms with E-state index in [1.807, 2.05) is 18.2 Å². The first-order valence-corrected chi connectivity index (χ1v) is 3.33. The Morgan fingerprint density at radius 1 is 1.55 bits per heavy atom. The minimum Gasteiger partial charge on any atom is -0.493 e. The van der Waals surface area contributed by atoms with Crippen LogP contribution in [0.2, 0.25) is 0 Å². The van der Waals surface area contributed by atoms with Crippen LogP contribution in [0.1, 0.15) is 0 Å². The zero-order chi connectivity index (χ0) is 7.68. The van der Waals surface area contributed by atoms with Gasteiger partial charge in [0.25, 0.3) is 0 Å². The second-order valence-electron chi connectivity index (χ2n) is 2.23. The Kier molecular flexibility index (Phi) is 1.32. The van der Waals surface area contributed by atoms with Gasteiger partial charge < -0.3 is 9.15 Å². The van der Waals surface area contributed by atoms with Crippen molar-refractivity contribution in [2.45, 2.75) is 0 Å². The van der Waals surface area contributed by atoms with Gasteiger partial charge in [0.1, 0.15) is 11.8 Å². The van der Waals surface area contributed by atoms with Crippen LogP contribution >= 0.6 is 0 Å². The van der Waals surface area contributed by atoms with Crippen LogP contribution in [0.3, 0.4) is 0 Å². The molecular weight excluding hydrogens is 140 g/mol. The molecule has 0 amide bonds. The monoisotopic (exact) mass is 147 g/mol. The Balaban J connectivity index is 2.76. The van der Waals surface area contributed by atoms with E-state index in [1.165, 1.54) is 0 Å². The summed E-state index contributed by atoms with van der Waals surface area (Å²) in [5.74, 6) is 0.761. The molecule has 0 bridgehead atoms. The minimum atomic E-state index is 0.761. The molecule has 0 aliphatic rings. The number of furan rings is 1. The van der Waals surface area contributed by atoms with Crippen molar-refractivity contribution in [2.24, 2.45) is 0 Å². The van der Waals surface area contributed by atoms with Gasteiger partial charge in [-0.1, -0.05) is 6.07 Å². The molecule has 2 heteroatoms. The molecule has 0 saturated carbocycles. The van der Waals surface area contributed by atoms with Gasteiger partial charge in [-0.25, -0.2) is 0 Å². The van der Waals surface area contributed by atoms with Crippen molar-refractivity contribution in [2.75, 3.05) is 7.11 Å². The smallest absolute Gasteiger partial charge is 0.164 e. The first-order chi connectivity index (χ1) is 5.42. The fraction of sp³-hybridized carbons (Fsp3) is 0.111. The van der Waals surface area contributed by atoms with Crippen LogP contribution in [-0.2, 0) is 0 Å². The van der Waals surface area contributed by atoms with Crippen molar-refractivity contribution in [3.05, 3.63) is 30.5 Å². The van der Waals surface area contributed by atoms with E-state index in [0.29, 0.717) is 0 Å². The fourth-order valence-electron chi connectivity index (χ4n) is 1.05. The van der Waals surface area contributed by atoms with Gasteiger partial charge in [0.15, 0.2) is 5.75 Å². The summed E-state index contributed by atoms with van der Waals surface area (Å²) in [6, 6.07) is 8.47. The largest absolute Gasteiger partial charge is 0.493 e. The number of methoxy groups -OCH3 is 1. The lowest BCUT2D eigenvalue weighted by Gasteiger charge is -1.91. The maximum atomic E-state index is 5.19. The van der Waals surface area contributed by atoms with Gasteiger partial charge in [0.2, 0.25) is 0 Å². The lowest BCUT2D eigenvalue weighted by molar-refractivity contribution is 0.410. The summed E-state index contributed by atoms with van der Waals surface area (Å²) in [5, 5.41) is 0.968. The third kappa shape index (κ3) is 0.871. The third-order valence-electron chi connectivity index (χ3n) is 1.60. The number of fused-ring (bicyclic) bond motifs is 1. The molecule has 0 atom stereocenters. The molecule has 0 fully saturated rings. The van der Waals surface area contributed by atoms with Gasteiger partial charge in [-0.15, -0.1) is 0 Å². The number of rotatable bonds is 1. The minimum absolute atomic E-state index is 0.761. The van der Waals surface area contributed by atoms with Crippen LogP contribution in [0.25, 0.3) is 11.0 Å². The number of hydrogen-bond donors (Lipinski definition) is 0. The van der Waals surface area contributed by atoms with E-state index in [4.69, 9.17) is 9.15 Å². The molecule has 2 aromatic rings. The zero-order valence-electron chi connectivity index (χ0n) is 6.13. The van der Waals surface area contributed by atoms with E-state index in [0.717, 1.165) is 16.7 Å². The average molecular weight is 147 g/mol. The first kappa shape index (κ1) is 6.28. The van der Waals surface area contributed by atoms with E-state index in [2.05, 4.69) is 6.07 Å². The second kappa shape index (κ2) is 2.31. The summed E-state index contributed by atoms with van der Waals surface area (Å²) in [7, 11) is 1.62. The quantitative estimate of drug-likeness (QED) is 0.617. The second-order valence-corrected chi connectivity index (χ2v) is 2.23. The van der Waals surface area contributed by atoms with Gasteiger partial charge >= 0.3 is 0 Å². The van der Waals surface area contributed by atoms with E-state index >= 15 is 0 Å². The maximum absolute atomic E-state index is 5.19. The van der Waals surface area contributed by atoms with Crippen LogP contribution in [0.4, 0.5) is 0 Å². The van der Waals surface area contributed by atoms with Crippen LogP contribution in [0, 0.1) is 6.07 Å². The van der Waals surface area contributed by atoms with Crippen LogP contribution in [-0.4, -0.2) is 7.11 Å². The summed E-state index contributed by atoms with van der Waals surface area (Å²) in [4.78, 5) is 0. The van der Waals surface area contributed by atoms with Gasteiger partial charge in [0.05, 0.1) is 12.5 Å². The van der Waals surface area contributed by atoms with Crippen molar-refractivity contribution in [1.82, 2.24) is 0 Å². The van der Waals surface area contributed by atoms with E-state index in [-0.39, 0.29) is 0 Å². The molecule has 55 valence electrons. The Bertz CT molecular complexity index is 362. The number of benzene rings is 1. The van der Waals surface area contributed by atoms with Crippen LogP contribution in [0.15, 0.2) is 28.9 Å². The normalized spacial score (nSPS) is 10.3. The molecule has 1 aromatic heterocycles. The molecule has 11 heavy (non-hydrogen) atoms. The molecule has 0 spiro atoms. The summed E-state index contributed by atoms with van der Waals surface area (Å²) in [6.07, 6.45) is 1.60. The third-order valence-corrected chi connectivity index (χ3v) is 1.60. The lowest BCUT2D eigenvalue weighted by Crippen LogP contribution is -1.77. The SMILES string of the molecule is COc1coc2cc[c]cc12. The zero-order valence-corrected chi connectivity index (χ0v) is 6.13. The van der Waals surface area contributed by atoms with Crippen LogP contribution in [0.5, 0.6) is 5.75 Å². The van der Waals surface area contributed by atoms with Crippen molar-refractivity contribution < 1.29 is 9.15 Å². The van der Waals surface area contributed by atoms with Gasteiger partial charge in [0, 0.05) is 0 Å². The maximum Gasteiger partial charge on any atom is 0.164 e. The highest BCUT2D eigenvalue weighted by atomic mass is 16.5. The van der Waals surface area contributed by atoms with E-state index in [1.54, 1.807) is 13.4 Å². The van der Waals surface area contributed by atoms with Crippen molar-refractivity contribution in [3.63, 3.8) is 0 Å². The van der Waals surface area contributed by atoms with Gasteiger partial charge in [-0.3, -0.25) is 0 Å². The summed E-state index contributed by atoms with van der Waals surface area (Å²) >= 11 is 0. The predicted octanol–water partition coefficient (Wildman–Crippen LogP) is 2.24. The molecule has 0 unspecified atom stereocenters. The number of hydrogen-bond acceptors (Lipinski definition) is 2. The Morgan fingerprint density at radius 3 is 3.27 bits per heavy atom. The molecule has 1 aromatic carbocycles. The summed E-state index contributed by atoms with van der Waals surface area (Å²) < 4.78 is 10.2. The Hall–Kier alpha value is -1.44. The highest BCUT2D eigenvalue weighted by molar-refractivity contribution is 5.83. The Morgan fingerprint density at radius 2 is 2.45 bits per heavy atom. The fourth-order valence-corrected chi connectivity index (χ4v) is 1.05. The van der Waals surface area contributed by atoms with Gasteiger partial charge in [-0.05, 0) is 18.2 Å². The standard InChI is InChI=1S/C9H7O2/c1-10-9-6-11-8-5-3-2-4-7(8)9/h3-6H,1H3. The van der Waals surface area contributed by atoms with Crippen molar-refractivity contribution in [3.8, 4) is 5.75 Å². The van der Waals surface area contributed by atoms with E-state index < -0.39 is 0 Å². The Labute approximate surface area is 64.4 Å². The summed E-state index contributed by atoms with van der Waals surface area (Å²) in [6.45, 7) is 0. The average Bonchev–Trinajstić information content (AvgIpc) is 2.47. The molecule has 0 aliphatic carbocycles. The molecule has 1 radical (unpaired) electrons. The molecule has 2 rings (SSSR count). The van der Waals surface area contributed by atoms with Gasteiger partial charge in [-0.2, -0.15) is 0 Å². The highest BCUT2D eigenvalue weighted by Gasteiger charge is 2.02. The highest BCUT2D eigenvalue weighted by Crippen LogP contribution is 2.26. The molecule has 2 nitrogen and oxygen atoms in total. The predicted molar refractivity (Wildman–Crippen MR) is 41.6 cm³/mol. The van der Waals surface area contributed by atoms with Crippen LogP contribution < -0.4 is 4.74 Å². The lowest BCUT2D eigenvalue weighted by atomic mass is 10.2. The van der Waals surface area contributed by atoms with Crippen molar-refractivity contribution in [1.29, 1.82) is 0 Å².